The van der Waals surface area contributed by atoms with Crippen molar-refractivity contribution in [3.63, 3.8) is 0 Å². The van der Waals surface area contributed by atoms with Crippen LogP contribution in [0.4, 0.5) is 0 Å². The molecule has 94 valence electrons. The summed E-state index contributed by atoms with van der Waals surface area (Å²) in [5, 5.41) is 5.06. The van der Waals surface area contributed by atoms with E-state index < -0.39 is 0 Å². The van der Waals surface area contributed by atoms with Crippen LogP contribution in [-0.4, -0.2) is 16.1 Å². The lowest BCUT2D eigenvalue weighted by molar-refractivity contribution is 0.112. The molecule has 0 amide bonds. The smallest absolute Gasteiger partial charge is 0.150 e. The Morgan fingerprint density at radius 3 is 2.83 bits per heavy atom. The zero-order valence-corrected chi connectivity index (χ0v) is 11.2. The minimum absolute atomic E-state index is 0.623. The van der Waals surface area contributed by atoms with E-state index in [1.165, 1.54) is 0 Å². The Morgan fingerprint density at radius 2 is 2.17 bits per heavy atom. The van der Waals surface area contributed by atoms with Crippen LogP contribution in [0, 0.1) is 6.92 Å². The summed E-state index contributed by atoms with van der Waals surface area (Å²) >= 11 is 6.00. The van der Waals surface area contributed by atoms with E-state index in [2.05, 4.69) is 12.0 Å². The van der Waals surface area contributed by atoms with Crippen LogP contribution in [0.2, 0.25) is 5.02 Å². The molecule has 0 atom stereocenters. The fourth-order valence-corrected chi connectivity index (χ4v) is 2.16. The number of benzene rings is 1. The fraction of sp³-hybridized carbons (Fsp3) is 0.286. The fourth-order valence-electron chi connectivity index (χ4n) is 1.99. The van der Waals surface area contributed by atoms with Gasteiger partial charge in [-0.3, -0.25) is 9.48 Å². The first-order valence-corrected chi connectivity index (χ1v) is 6.32. The molecule has 0 fully saturated rings. The number of aldehydes is 1. The van der Waals surface area contributed by atoms with Gasteiger partial charge >= 0.3 is 0 Å². The van der Waals surface area contributed by atoms with Gasteiger partial charge in [-0.2, -0.15) is 5.10 Å². The lowest BCUT2D eigenvalue weighted by Crippen LogP contribution is -1.96. The molecular formula is C14H15ClN2O. The lowest BCUT2D eigenvalue weighted by Gasteiger charge is -2.03. The quantitative estimate of drug-likeness (QED) is 0.787. The molecule has 0 unspecified atom stereocenters. The molecule has 0 aliphatic carbocycles. The van der Waals surface area contributed by atoms with Crippen molar-refractivity contribution in [1.82, 2.24) is 9.78 Å². The average molecular weight is 263 g/mol. The van der Waals surface area contributed by atoms with Gasteiger partial charge in [0.15, 0.2) is 6.29 Å². The van der Waals surface area contributed by atoms with Gasteiger partial charge in [-0.1, -0.05) is 18.5 Å². The van der Waals surface area contributed by atoms with Gasteiger partial charge < -0.3 is 0 Å². The van der Waals surface area contributed by atoms with Crippen LogP contribution >= 0.6 is 11.6 Å². The molecule has 0 saturated carbocycles. The van der Waals surface area contributed by atoms with Crippen LogP contribution in [0.1, 0.15) is 29.4 Å². The highest BCUT2D eigenvalue weighted by molar-refractivity contribution is 6.31. The number of hydrogen-bond donors (Lipinski definition) is 0. The highest BCUT2D eigenvalue weighted by atomic mass is 35.5. The molecule has 1 aromatic carbocycles. The second kappa shape index (κ2) is 5.36. The summed E-state index contributed by atoms with van der Waals surface area (Å²) < 4.78 is 1.90. The Morgan fingerprint density at radius 1 is 1.39 bits per heavy atom. The van der Waals surface area contributed by atoms with Gasteiger partial charge in [0.25, 0.3) is 0 Å². The van der Waals surface area contributed by atoms with E-state index in [9.17, 15) is 4.79 Å². The Labute approximate surface area is 111 Å². The molecule has 0 spiro atoms. The molecule has 0 saturated heterocycles. The number of halogens is 1. The second-order valence-electron chi connectivity index (χ2n) is 4.24. The number of aromatic nitrogens is 2. The van der Waals surface area contributed by atoms with E-state index in [-0.39, 0.29) is 0 Å². The summed E-state index contributed by atoms with van der Waals surface area (Å²) in [5.74, 6) is 0. The van der Waals surface area contributed by atoms with Gasteiger partial charge in [-0.15, -0.1) is 0 Å². The molecule has 0 aliphatic rings. The predicted octanol–water partition coefficient (Wildman–Crippen LogP) is 3.73. The molecule has 0 N–H and O–H groups in total. The normalized spacial score (nSPS) is 10.6. The van der Waals surface area contributed by atoms with E-state index in [1.807, 2.05) is 23.9 Å². The molecule has 0 bridgehead atoms. The second-order valence-corrected chi connectivity index (χ2v) is 4.68. The third-order valence-electron chi connectivity index (χ3n) is 2.83. The van der Waals surface area contributed by atoms with Crippen LogP contribution in [0.5, 0.6) is 0 Å². The zero-order valence-electron chi connectivity index (χ0n) is 10.5. The van der Waals surface area contributed by atoms with Crippen LogP contribution in [0.3, 0.4) is 0 Å². The van der Waals surface area contributed by atoms with Crippen molar-refractivity contribution in [2.75, 3.05) is 0 Å². The average Bonchev–Trinajstić information content (AvgIpc) is 2.70. The topological polar surface area (TPSA) is 34.9 Å². The number of nitrogens with zero attached hydrogens (tertiary/aromatic N) is 2. The van der Waals surface area contributed by atoms with Crippen molar-refractivity contribution in [2.45, 2.75) is 26.8 Å². The van der Waals surface area contributed by atoms with Crippen molar-refractivity contribution >= 4 is 17.9 Å². The lowest BCUT2D eigenvalue weighted by atomic mass is 10.0. The summed E-state index contributed by atoms with van der Waals surface area (Å²) in [5.41, 5.74) is 3.36. The largest absolute Gasteiger partial charge is 0.298 e. The molecule has 0 radical (unpaired) electrons. The van der Waals surface area contributed by atoms with Crippen molar-refractivity contribution in [3.8, 4) is 11.1 Å². The first kappa shape index (κ1) is 12.8. The third-order valence-corrected chi connectivity index (χ3v) is 3.07. The molecule has 3 nitrogen and oxygen atoms in total. The van der Waals surface area contributed by atoms with Gasteiger partial charge in [0, 0.05) is 28.9 Å². The Bertz CT molecular complexity index is 575. The van der Waals surface area contributed by atoms with E-state index in [0.717, 1.165) is 36.1 Å². The maximum Gasteiger partial charge on any atom is 0.150 e. The van der Waals surface area contributed by atoms with Crippen molar-refractivity contribution in [3.05, 3.63) is 40.7 Å². The number of aryl methyl sites for hydroxylation is 2. The van der Waals surface area contributed by atoms with E-state index in [4.69, 9.17) is 11.6 Å². The maximum atomic E-state index is 11.1. The highest BCUT2D eigenvalue weighted by Crippen LogP contribution is 2.28. The standard InChI is InChI=1S/C14H15ClN2O/c1-3-6-17-8-14(10(2)16-17)13-7-12(15)5-4-11(13)9-18/h4-5,7-9H,3,6H2,1-2H3. The van der Waals surface area contributed by atoms with Crippen LogP contribution in [0.15, 0.2) is 24.4 Å². The number of carbonyl (C=O) groups excluding carboxylic acids is 1. The van der Waals surface area contributed by atoms with Crippen LogP contribution in [-0.2, 0) is 6.54 Å². The molecule has 1 heterocycles. The Hall–Kier alpha value is -1.61. The molecule has 0 aliphatic heterocycles. The first-order chi connectivity index (χ1) is 8.65. The maximum absolute atomic E-state index is 11.1. The highest BCUT2D eigenvalue weighted by Gasteiger charge is 2.11. The molecular weight excluding hydrogens is 248 g/mol. The Kier molecular flexibility index (Phi) is 3.82. The van der Waals surface area contributed by atoms with Crippen LogP contribution < -0.4 is 0 Å². The molecule has 1 aromatic heterocycles. The molecule has 4 heteroatoms. The van der Waals surface area contributed by atoms with E-state index >= 15 is 0 Å². The van der Waals surface area contributed by atoms with Crippen LogP contribution in [0.25, 0.3) is 11.1 Å². The minimum atomic E-state index is 0.623. The summed E-state index contributed by atoms with van der Waals surface area (Å²) in [4.78, 5) is 11.1. The minimum Gasteiger partial charge on any atom is -0.298 e. The Balaban J connectivity index is 2.53. The van der Waals surface area contributed by atoms with Gasteiger partial charge in [-0.05, 0) is 37.1 Å². The molecule has 2 aromatic rings. The SMILES string of the molecule is CCCn1cc(-c2cc(Cl)ccc2C=O)c(C)n1. The summed E-state index contributed by atoms with van der Waals surface area (Å²) in [7, 11) is 0. The van der Waals surface area contributed by atoms with Crippen molar-refractivity contribution < 1.29 is 4.79 Å². The summed E-state index contributed by atoms with van der Waals surface area (Å²) in [6, 6.07) is 5.27. The van der Waals surface area contributed by atoms with E-state index in [1.54, 1.807) is 12.1 Å². The van der Waals surface area contributed by atoms with Gasteiger partial charge in [0.1, 0.15) is 0 Å². The number of carbonyl (C=O) groups is 1. The monoisotopic (exact) mass is 262 g/mol. The summed E-state index contributed by atoms with van der Waals surface area (Å²) in [6.45, 7) is 4.92. The third kappa shape index (κ3) is 2.46. The predicted molar refractivity (Wildman–Crippen MR) is 73.1 cm³/mol. The van der Waals surface area contributed by atoms with E-state index in [0.29, 0.717) is 10.6 Å². The van der Waals surface area contributed by atoms with Gasteiger partial charge in [-0.25, -0.2) is 0 Å². The summed E-state index contributed by atoms with van der Waals surface area (Å²) in [6.07, 6.45) is 3.84. The molecule has 2 rings (SSSR count). The number of rotatable bonds is 4. The van der Waals surface area contributed by atoms with Crippen molar-refractivity contribution in [2.24, 2.45) is 0 Å². The van der Waals surface area contributed by atoms with Gasteiger partial charge in [0.05, 0.1) is 5.69 Å². The van der Waals surface area contributed by atoms with Gasteiger partial charge in [0.2, 0.25) is 0 Å². The first-order valence-electron chi connectivity index (χ1n) is 5.95. The molecule has 18 heavy (non-hydrogen) atoms. The number of hydrogen-bond acceptors (Lipinski definition) is 2. The van der Waals surface area contributed by atoms with Crippen molar-refractivity contribution in [1.29, 1.82) is 0 Å². The zero-order chi connectivity index (χ0) is 13.1.